The highest BCUT2D eigenvalue weighted by atomic mass is 16.5. The predicted octanol–water partition coefficient (Wildman–Crippen LogP) is 2.98. The third-order valence-electron chi connectivity index (χ3n) is 4.06. The molecule has 1 aliphatic heterocycles. The van der Waals surface area contributed by atoms with Gasteiger partial charge in [-0.1, -0.05) is 31.8 Å². The summed E-state index contributed by atoms with van der Waals surface area (Å²) in [4.78, 5) is 6.74. The monoisotopic (exact) mass is 312 g/mol. The number of nitriles is 1. The third-order valence-corrected chi connectivity index (χ3v) is 4.06. The first kappa shape index (κ1) is 15.4. The maximum Gasteiger partial charge on any atom is 0.229 e. The van der Waals surface area contributed by atoms with Gasteiger partial charge in [0.05, 0.1) is 6.04 Å². The number of hydrogen-bond donors (Lipinski definition) is 0. The van der Waals surface area contributed by atoms with E-state index < -0.39 is 0 Å². The molecule has 0 aromatic carbocycles. The van der Waals surface area contributed by atoms with Crippen molar-refractivity contribution in [3.63, 3.8) is 0 Å². The zero-order chi connectivity index (χ0) is 16.2. The second kappa shape index (κ2) is 6.73. The van der Waals surface area contributed by atoms with Gasteiger partial charge in [-0.25, -0.2) is 0 Å². The van der Waals surface area contributed by atoms with Crippen molar-refractivity contribution < 1.29 is 4.52 Å². The quantitative estimate of drug-likeness (QED) is 0.860. The molecule has 120 valence electrons. The first-order chi connectivity index (χ1) is 11.2. The summed E-state index contributed by atoms with van der Waals surface area (Å²) in [5, 5.41) is 21.2. The Kier molecular flexibility index (Phi) is 4.51. The van der Waals surface area contributed by atoms with E-state index in [9.17, 15) is 0 Å². The molecule has 1 fully saturated rings. The Morgan fingerprint density at radius 2 is 2.13 bits per heavy atom. The minimum atomic E-state index is 0.0379. The minimum absolute atomic E-state index is 0.0379. The highest BCUT2D eigenvalue weighted by Gasteiger charge is 2.28. The van der Waals surface area contributed by atoms with Crippen LogP contribution in [0, 0.1) is 11.3 Å². The summed E-state index contributed by atoms with van der Waals surface area (Å²) in [6.45, 7) is 4.94. The first-order valence-electron chi connectivity index (χ1n) is 8.03. The molecule has 0 aliphatic carbocycles. The van der Waals surface area contributed by atoms with Gasteiger partial charge in [0.2, 0.25) is 5.89 Å². The molecule has 0 spiro atoms. The van der Waals surface area contributed by atoms with Crippen molar-refractivity contribution in [3.8, 4) is 6.07 Å². The van der Waals surface area contributed by atoms with Crippen LogP contribution in [0.5, 0.6) is 0 Å². The number of aromatic nitrogens is 4. The summed E-state index contributed by atoms with van der Waals surface area (Å²) >= 11 is 0. The Morgan fingerprint density at radius 3 is 2.78 bits per heavy atom. The highest BCUT2D eigenvalue weighted by molar-refractivity contribution is 5.41. The summed E-state index contributed by atoms with van der Waals surface area (Å²) in [5.41, 5.74) is 0.321. The van der Waals surface area contributed by atoms with Gasteiger partial charge in [0.1, 0.15) is 6.07 Å². The lowest BCUT2D eigenvalue weighted by atomic mass is 10.1. The molecule has 1 aliphatic rings. The molecule has 1 unspecified atom stereocenters. The van der Waals surface area contributed by atoms with E-state index in [-0.39, 0.29) is 12.0 Å². The van der Waals surface area contributed by atoms with Crippen LogP contribution in [0.4, 0.5) is 5.82 Å². The van der Waals surface area contributed by atoms with Crippen LogP contribution in [0.2, 0.25) is 0 Å². The second-order valence-corrected chi connectivity index (χ2v) is 6.09. The molecule has 0 saturated carbocycles. The van der Waals surface area contributed by atoms with E-state index in [2.05, 4.69) is 25.2 Å². The first-order valence-corrected chi connectivity index (χ1v) is 8.03. The van der Waals surface area contributed by atoms with Crippen molar-refractivity contribution in [2.24, 2.45) is 0 Å². The van der Waals surface area contributed by atoms with Gasteiger partial charge in [0, 0.05) is 12.5 Å². The van der Waals surface area contributed by atoms with Gasteiger partial charge in [-0.05, 0) is 25.0 Å². The van der Waals surface area contributed by atoms with Crippen LogP contribution in [0.3, 0.4) is 0 Å². The van der Waals surface area contributed by atoms with Crippen molar-refractivity contribution in [1.82, 2.24) is 20.3 Å². The summed E-state index contributed by atoms with van der Waals surface area (Å²) in [7, 11) is 0. The Bertz CT molecular complexity index is 687. The molecule has 1 atom stereocenters. The molecule has 0 amide bonds. The van der Waals surface area contributed by atoms with Crippen LogP contribution in [-0.2, 0) is 0 Å². The summed E-state index contributed by atoms with van der Waals surface area (Å²) < 4.78 is 5.37. The molecule has 1 saturated heterocycles. The van der Waals surface area contributed by atoms with Gasteiger partial charge in [0.25, 0.3) is 0 Å². The van der Waals surface area contributed by atoms with Gasteiger partial charge < -0.3 is 9.42 Å². The van der Waals surface area contributed by atoms with E-state index in [0.717, 1.165) is 31.6 Å². The molecule has 2 aromatic rings. The molecule has 0 radical (unpaired) electrons. The SMILES string of the molecule is CC(C)c1nc(C2CCCCCN2c2ccc(C#N)nn2)no1. The zero-order valence-electron chi connectivity index (χ0n) is 13.4. The molecule has 23 heavy (non-hydrogen) atoms. The average molecular weight is 312 g/mol. The van der Waals surface area contributed by atoms with Crippen molar-refractivity contribution >= 4 is 5.82 Å². The van der Waals surface area contributed by atoms with Crippen molar-refractivity contribution in [3.05, 3.63) is 29.5 Å². The summed E-state index contributed by atoms with van der Waals surface area (Å²) in [6.07, 6.45) is 4.34. The van der Waals surface area contributed by atoms with Crippen LogP contribution in [-0.4, -0.2) is 26.9 Å². The van der Waals surface area contributed by atoms with Gasteiger partial charge in [-0.3, -0.25) is 0 Å². The van der Waals surface area contributed by atoms with Crippen LogP contribution >= 0.6 is 0 Å². The molecular weight excluding hydrogens is 292 g/mol. The molecule has 7 nitrogen and oxygen atoms in total. The fourth-order valence-corrected chi connectivity index (χ4v) is 2.81. The lowest BCUT2D eigenvalue weighted by Gasteiger charge is -2.28. The van der Waals surface area contributed by atoms with E-state index in [1.54, 1.807) is 6.07 Å². The highest BCUT2D eigenvalue weighted by Crippen LogP contribution is 2.32. The molecule has 0 bridgehead atoms. The van der Waals surface area contributed by atoms with E-state index in [1.807, 2.05) is 26.0 Å². The lowest BCUT2D eigenvalue weighted by molar-refractivity contribution is 0.356. The molecule has 0 N–H and O–H groups in total. The average Bonchev–Trinajstić information content (AvgIpc) is 2.94. The third kappa shape index (κ3) is 3.31. The van der Waals surface area contributed by atoms with E-state index in [1.165, 1.54) is 6.42 Å². The minimum Gasteiger partial charge on any atom is -0.345 e. The van der Waals surface area contributed by atoms with Crippen LogP contribution in [0.25, 0.3) is 0 Å². The Balaban J connectivity index is 1.91. The van der Waals surface area contributed by atoms with E-state index >= 15 is 0 Å². The fraction of sp³-hybridized carbons (Fsp3) is 0.562. The number of anilines is 1. The van der Waals surface area contributed by atoms with E-state index in [0.29, 0.717) is 17.4 Å². The topological polar surface area (TPSA) is 91.7 Å². The standard InChI is InChI=1S/C16H20N6O/c1-11(2)16-18-15(21-23-16)13-6-4-3-5-9-22(13)14-8-7-12(10-17)19-20-14/h7-8,11,13H,3-6,9H2,1-2H3. The largest absolute Gasteiger partial charge is 0.345 e. The van der Waals surface area contributed by atoms with Gasteiger partial charge in [-0.15, -0.1) is 10.2 Å². The normalized spacial score (nSPS) is 18.7. The smallest absolute Gasteiger partial charge is 0.229 e. The predicted molar refractivity (Wildman–Crippen MR) is 83.7 cm³/mol. The van der Waals surface area contributed by atoms with E-state index in [4.69, 9.17) is 9.78 Å². The van der Waals surface area contributed by atoms with Crippen LogP contribution in [0.1, 0.15) is 68.9 Å². The van der Waals surface area contributed by atoms with Gasteiger partial charge in [0.15, 0.2) is 17.3 Å². The second-order valence-electron chi connectivity index (χ2n) is 6.09. The van der Waals surface area contributed by atoms with Crippen LogP contribution < -0.4 is 4.90 Å². The lowest BCUT2D eigenvalue weighted by Crippen LogP contribution is -2.30. The molecule has 7 heteroatoms. The van der Waals surface area contributed by atoms with Crippen molar-refractivity contribution in [1.29, 1.82) is 5.26 Å². The van der Waals surface area contributed by atoms with Crippen LogP contribution in [0.15, 0.2) is 16.7 Å². The fourth-order valence-electron chi connectivity index (χ4n) is 2.81. The van der Waals surface area contributed by atoms with Gasteiger partial charge in [-0.2, -0.15) is 10.2 Å². The summed E-state index contributed by atoms with van der Waals surface area (Å²) in [6, 6.07) is 5.57. The Labute approximate surface area is 135 Å². The van der Waals surface area contributed by atoms with Gasteiger partial charge >= 0.3 is 0 Å². The zero-order valence-corrected chi connectivity index (χ0v) is 13.4. The number of nitrogens with zero attached hydrogens (tertiary/aromatic N) is 6. The molecule has 2 aromatic heterocycles. The molecule has 3 rings (SSSR count). The number of rotatable bonds is 3. The Morgan fingerprint density at radius 1 is 1.26 bits per heavy atom. The Hall–Kier alpha value is -2.49. The summed E-state index contributed by atoms with van der Waals surface area (Å²) in [5.74, 6) is 2.34. The number of hydrogen-bond acceptors (Lipinski definition) is 7. The van der Waals surface area contributed by atoms with Crippen molar-refractivity contribution in [2.75, 3.05) is 11.4 Å². The maximum atomic E-state index is 8.87. The van der Waals surface area contributed by atoms with Crippen molar-refractivity contribution in [2.45, 2.75) is 51.5 Å². The maximum absolute atomic E-state index is 8.87. The molecular formula is C16H20N6O. The molecule has 3 heterocycles.